The highest BCUT2D eigenvalue weighted by Gasteiger charge is 2.37. The van der Waals surface area contributed by atoms with E-state index in [0.717, 1.165) is 5.56 Å². The number of benzene rings is 1. The number of aryl methyl sites for hydroxylation is 1. The van der Waals surface area contributed by atoms with E-state index in [9.17, 15) is 10.1 Å². The number of nitriles is 1. The second kappa shape index (κ2) is 5.41. The first-order chi connectivity index (χ1) is 10.2. The maximum absolute atomic E-state index is 12.4. The van der Waals surface area contributed by atoms with Gasteiger partial charge in [0.25, 0.3) is 5.91 Å². The zero-order valence-corrected chi connectivity index (χ0v) is 11.7. The van der Waals surface area contributed by atoms with Gasteiger partial charge in [0.15, 0.2) is 0 Å². The average molecular weight is 281 g/mol. The van der Waals surface area contributed by atoms with Crippen molar-refractivity contribution in [2.24, 2.45) is 5.92 Å². The molecule has 0 unspecified atom stereocenters. The molecule has 5 heteroatoms. The molecule has 0 saturated carbocycles. The van der Waals surface area contributed by atoms with E-state index in [1.165, 1.54) is 0 Å². The molecule has 0 spiro atoms. The van der Waals surface area contributed by atoms with Crippen molar-refractivity contribution in [3.05, 3.63) is 53.4 Å². The number of hydrogen-bond donors (Lipinski definition) is 0. The van der Waals surface area contributed by atoms with E-state index in [-0.39, 0.29) is 23.5 Å². The Kier molecular flexibility index (Phi) is 3.44. The SMILES string of the molecule is Cc1cc(C(=O)N2C[C@@H](C#N)[C@H](c3ccccc3)C2)on1. The summed E-state index contributed by atoms with van der Waals surface area (Å²) in [5.74, 6) is -0.114. The molecule has 1 aliphatic heterocycles. The highest BCUT2D eigenvalue weighted by atomic mass is 16.5. The number of aromatic nitrogens is 1. The van der Waals surface area contributed by atoms with Crippen LogP contribution in [0.3, 0.4) is 0 Å². The maximum atomic E-state index is 12.4. The van der Waals surface area contributed by atoms with E-state index in [1.807, 2.05) is 30.3 Å². The van der Waals surface area contributed by atoms with Crippen LogP contribution in [0.15, 0.2) is 40.9 Å². The highest BCUT2D eigenvalue weighted by Crippen LogP contribution is 2.32. The van der Waals surface area contributed by atoms with Gasteiger partial charge in [0.2, 0.25) is 5.76 Å². The second-order valence-electron chi connectivity index (χ2n) is 5.30. The third-order valence-electron chi connectivity index (χ3n) is 3.84. The summed E-state index contributed by atoms with van der Waals surface area (Å²) in [6.45, 7) is 2.73. The maximum Gasteiger partial charge on any atom is 0.292 e. The monoisotopic (exact) mass is 281 g/mol. The number of amides is 1. The van der Waals surface area contributed by atoms with Crippen LogP contribution >= 0.6 is 0 Å². The Morgan fingerprint density at radius 2 is 2.14 bits per heavy atom. The molecule has 2 aromatic rings. The molecule has 5 nitrogen and oxygen atoms in total. The summed E-state index contributed by atoms with van der Waals surface area (Å²) in [6, 6.07) is 13.8. The Hall–Kier alpha value is -2.61. The minimum absolute atomic E-state index is 0.0455. The lowest BCUT2D eigenvalue weighted by molar-refractivity contribution is 0.0746. The van der Waals surface area contributed by atoms with Gasteiger partial charge in [0, 0.05) is 25.1 Å². The summed E-state index contributed by atoms with van der Waals surface area (Å²) in [5.41, 5.74) is 1.77. The van der Waals surface area contributed by atoms with Crippen molar-refractivity contribution in [3.63, 3.8) is 0 Å². The molecular formula is C16H15N3O2. The number of carbonyl (C=O) groups excluding carboxylic acids is 1. The molecule has 1 saturated heterocycles. The van der Waals surface area contributed by atoms with Crippen LogP contribution in [0.1, 0.15) is 27.7 Å². The van der Waals surface area contributed by atoms with Gasteiger partial charge in [-0.15, -0.1) is 0 Å². The molecule has 1 amide bonds. The fourth-order valence-electron chi connectivity index (χ4n) is 2.76. The minimum Gasteiger partial charge on any atom is -0.351 e. The van der Waals surface area contributed by atoms with Gasteiger partial charge < -0.3 is 9.42 Å². The number of rotatable bonds is 2. The molecule has 3 rings (SSSR count). The Bertz CT molecular complexity index is 687. The standard InChI is InChI=1S/C16H15N3O2/c1-11-7-15(21-18-11)16(20)19-9-13(8-17)14(10-19)12-5-3-2-4-6-12/h2-7,13-14H,9-10H2,1H3/t13-,14+/m1/s1. The van der Waals surface area contributed by atoms with Gasteiger partial charge in [0.1, 0.15) is 0 Å². The molecule has 106 valence electrons. The molecule has 2 atom stereocenters. The highest BCUT2D eigenvalue weighted by molar-refractivity contribution is 5.91. The van der Waals surface area contributed by atoms with Crippen molar-refractivity contribution in [1.82, 2.24) is 10.1 Å². The van der Waals surface area contributed by atoms with E-state index in [4.69, 9.17) is 4.52 Å². The van der Waals surface area contributed by atoms with Gasteiger partial charge in [0.05, 0.1) is 17.7 Å². The van der Waals surface area contributed by atoms with Crippen LogP contribution in [0.5, 0.6) is 0 Å². The largest absolute Gasteiger partial charge is 0.351 e. The molecule has 0 aliphatic carbocycles. The Morgan fingerprint density at radius 3 is 2.76 bits per heavy atom. The summed E-state index contributed by atoms with van der Waals surface area (Å²) in [6.07, 6.45) is 0. The van der Waals surface area contributed by atoms with E-state index in [2.05, 4.69) is 11.2 Å². The molecule has 1 aromatic heterocycles. The predicted molar refractivity (Wildman–Crippen MR) is 75.4 cm³/mol. The summed E-state index contributed by atoms with van der Waals surface area (Å²) >= 11 is 0. The first-order valence-electron chi connectivity index (χ1n) is 6.86. The van der Waals surface area contributed by atoms with E-state index < -0.39 is 0 Å². The van der Waals surface area contributed by atoms with E-state index in [0.29, 0.717) is 18.8 Å². The molecular weight excluding hydrogens is 266 g/mol. The number of likely N-dealkylation sites (tertiary alicyclic amines) is 1. The predicted octanol–water partition coefficient (Wildman–Crippen LogP) is 2.36. The molecule has 2 heterocycles. The van der Waals surface area contributed by atoms with Crippen LogP contribution in [-0.4, -0.2) is 29.1 Å². The molecule has 1 aliphatic rings. The van der Waals surface area contributed by atoms with Crippen LogP contribution in [0.2, 0.25) is 0 Å². The van der Waals surface area contributed by atoms with Gasteiger partial charge in [-0.25, -0.2) is 0 Å². The van der Waals surface area contributed by atoms with Gasteiger partial charge in [-0.05, 0) is 12.5 Å². The average Bonchev–Trinajstić information content (AvgIpc) is 3.13. The number of nitrogens with zero attached hydrogens (tertiary/aromatic N) is 3. The van der Waals surface area contributed by atoms with Gasteiger partial charge in [-0.3, -0.25) is 4.79 Å². The zero-order valence-electron chi connectivity index (χ0n) is 11.7. The summed E-state index contributed by atoms with van der Waals surface area (Å²) < 4.78 is 5.02. The van der Waals surface area contributed by atoms with Crippen LogP contribution < -0.4 is 0 Å². The summed E-state index contributed by atoms with van der Waals surface area (Å²) in [4.78, 5) is 14.1. The van der Waals surface area contributed by atoms with Gasteiger partial charge >= 0.3 is 0 Å². The van der Waals surface area contributed by atoms with Crippen molar-refractivity contribution in [1.29, 1.82) is 5.26 Å². The second-order valence-corrected chi connectivity index (χ2v) is 5.30. The first kappa shape index (κ1) is 13.4. The van der Waals surface area contributed by atoms with Crippen molar-refractivity contribution in [3.8, 4) is 6.07 Å². The Labute approximate surface area is 122 Å². The van der Waals surface area contributed by atoms with Crippen LogP contribution in [-0.2, 0) is 0 Å². The van der Waals surface area contributed by atoms with Crippen molar-refractivity contribution < 1.29 is 9.32 Å². The first-order valence-corrected chi connectivity index (χ1v) is 6.86. The molecule has 21 heavy (non-hydrogen) atoms. The van der Waals surface area contributed by atoms with Crippen LogP contribution in [0, 0.1) is 24.2 Å². The fourth-order valence-corrected chi connectivity index (χ4v) is 2.76. The topological polar surface area (TPSA) is 70.1 Å². The number of carbonyl (C=O) groups is 1. The lowest BCUT2D eigenvalue weighted by Gasteiger charge is -2.14. The fraction of sp³-hybridized carbons (Fsp3) is 0.312. The third kappa shape index (κ3) is 2.52. The van der Waals surface area contributed by atoms with Crippen molar-refractivity contribution in [2.45, 2.75) is 12.8 Å². The minimum atomic E-state index is -0.200. The molecule has 0 bridgehead atoms. The molecule has 1 aromatic carbocycles. The molecule has 0 radical (unpaired) electrons. The molecule has 1 fully saturated rings. The molecule has 0 N–H and O–H groups in total. The van der Waals surface area contributed by atoms with Crippen LogP contribution in [0.4, 0.5) is 0 Å². The smallest absolute Gasteiger partial charge is 0.292 e. The lowest BCUT2D eigenvalue weighted by atomic mass is 9.90. The Morgan fingerprint density at radius 1 is 1.38 bits per heavy atom. The van der Waals surface area contributed by atoms with Crippen LogP contribution in [0.25, 0.3) is 0 Å². The lowest BCUT2D eigenvalue weighted by Crippen LogP contribution is -2.28. The van der Waals surface area contributed by atoms with E-state index in [1.54, 1.807) is 17.9 Å². The summed E-state index contributed by atoms with van der Waals surface area (Å²) in [5, 5.41) is 13.1. The van der Waals surface area contributed by atoms with Gasteiger partial charge in [-0.2, -0.15) is 5.26 Å². The van der Waals surface area contributed by atoms with Crippen molar-refractivity contribution in [2.75, 3.05) is 13.1 Å². The van der Waals surface area contributed by atoms with Gasteiger partial charge in [-0.1, -0.05) is 35.5 Å². The third-order valence-corrected chi connectivity index (χ3v) is 3.84. The summed E-state index contributed by atoms with van der Waals surface area (Å²) in [7, 11) is 0. The van der Waals surface area contributed by atoms with E-state index >= 15 is 0 Å². The Balaban J connectivity index is 1.81. The quantitative estimate of drug-likeness (QED) is 0.847. The number of hydrogen-bond acceptors (Lipinski definition) is 4. The zero-order chi connectivity index (χ0) is 14.8. The normalized spacial score (nSPS) is 21.2. The van der Waals surface area contributed by atoms with Crippen molar-refractivity contribution >= 4 is 5.91 Å².